The molecule has 5 nitrogen and oxygen atoms in total. The molecule has 1 aromatic carbocycles. The molecule has 1 saturated heterocycles. The van der Waals surface area contributed by atoms with Crippen LogP contribution in [0.1, 0.15) is 39.5 Å². The van der Waals surface area contributed by atoms with E-state index in [1.165, 1.54) is 18.2 Å². The molecule has 1 atom stereocenters. The Kier molecular flexibility index (Phi) is 5.78. The molecule has 0 spiro atoms. The summed E-state index contributed by atoms with van der Waals surface area (Å²) in [7, 11) is 0. The summed E-state index contributed by atoms with van der Waals surface area (Å²) in [5.41, 5.74) is 0.656. The molecular weight excluding hydrogens is 334 g/mol. The first-order valence-corrected chi connectivity index (χ1v) is 10.1. The van der Waals surface area contributed by atoms with Gasteiger partial charge < -0.3 is 4.90 Å². The maximum absolute atomic E-state index is 12.7. The number of likely N-dealkylation sites (tertiary alicyclic amines) is 1. The van der Waals surface area contributed by atoms with E-state index in [1.807, 2.05) is 30.0 Å². The van der Waals surface area contributed by atoms with Crippen LogP contribution in [0.5, 0.6) is 0 Å². The number of hydrogen-bond donors (Lipinski definition) is 0. The van der Waals surface area contributed by atoms with E-state index in [4.69, 9.17) is 0 Å². The first kappa shape index (κ1) is 18.0. The van der Waals surface area contributed by atoms with Gasteiger partial charge in [-0.15, -0.1) is 0 Å². The Morgan fingerprint density at radius 1 is 1.28 bits per heavy atom. The zero-order valence-electron chi connectivity index (χ0n) is 14.9. The highest BCUT2D eigenvalue weighted by Gasteiger charge is 2.25. The Labute approximate surface area is 152 Å². The van der Waals surface area contributed by atoms with Crippen LogP contribution in [0.15, 0.2) is 34.2 Å². The number of rotatable bonds is 5. The van der Waals surface area contributed by atoms with Crippen LogP contribution in [0.2, 0.25) is 0 Å². The highest BCUT2D eigenvalue weighted by atomic mass is 32.2. The molecule has 0 saturated carbocycles. The number of thioether (sulfide) groups is 1. The lowest BCUT2D eigenvalue weighted by Crippen LogP contribution is -2.44. The van der Waals surface area contributed by atoms with Crippen molar-refractivity contribution in [2.75, 3.05) is 12.3 Å². The summed E-state index contributed by atoms with van der Waals surface area (Å²) in [5.74, 6) is 0.489. The van der Waals surface area contributed by atoms with Crippen molar-refractivity contribution in [3.05, 3.63) is 34.6 Å². The van der Waals surface area contributed by atoms with Gasteiger partial charge in [-0.3, -0.25) is 14.2 Å². The van der Waals surface area contributed by atoms with Crippen LogP contribution in [0.25, 0.3) is 10.9 Å². The maximum Gasteiger partial charge on any atom is 0.262 e. The van der Waals surface area contributed by atoms with E-state index in [1.54, 1.807) is 10.6 Å². The summed E-state index contributed by atoms with van der Waals surface area (Å²) in [4.78, 5) is 32.0. The van der Waals surface area contributed by atoms with Gasteiger partial charge in [0.2, 0.25) is 5.91 Å². The number of hydrogen-bond acceptors (Lipinski definition) is 4. The molecule has 0 unspecified atom stereocenters. The van der Waals surface area contributed by atoms with Crippen LogP contribution in [-0.4, -0.2) is 38.7 Å². The number of para-hydroxylation sites is 1. The molecule has 2 aromatic rings. The number of carbonyl (C=O) groups is 1. The second-order valence-corrected chi connectivity index (χ2v) is 7.34. The van der Waals surface area contributed by atoms with Gasteiger partial charge in [0, 0.05) is 19.1 Å². The highest BCUT2D eigenvalue weighted by molar-refractivity contribution is 7.99. The van der Waals surface area contributed by atoms with Crippen LogP contribution in [0, 0.1) is 0 Å². The van der Waals surface area contributed by atoms with Crippen molar-refractivity contribution in [3.63, 3.8) is 0 Å². The van der Waals surface area contributed by atoms with Crippen LogP contribution >= 0.6 is 11.8 Å². The number of piperidine rings is 1. The fraction of sp³-hybridized carbons (Fsp3) is 0.526. The average molecular weight is 359 g/mol. The Bertz CT molecular complexity index is 818. The number of aromatic nitrogens is 2. The first-order valence-electron chi connectivity index (χ1n) is 9.07. The zero-order chi connectivity index (χ0) is 17.8. The van der Waals surface area contributed by atoms with Crippen molar-refractivity contribution >= 4 is 28.6 Å². The highest BCUT2D eigenvalue weighted by Crippen LogP contribution is 2.23. The lowest BCUT2D eigenvalue weighted by Gasteiger charge is -2.35. The second kappa shape index (κ2) is 8.04. The molecule has 1 fully saturated rings. The molecule has 6 heteroatoms. The standard InChI is InChI=1S/C19H25N3O2S/c1-3-14-9-7-8-12-22(14)17(23)13-25-19-20-16-11-6-5-10-15(16)18(24)21(19)4-2/h5-6,10-11,14H,3-4,7-9,12-13H2,1-2H3/t14-/m0/s1. The molecule has 1 aliphatic rings. The molecule has 0 bridgehead atoms. The Morgan fingerprint density at radius 2 is 2.08 bits per heavy atom. The van der Waals surface area contributed by atoms with Crippen LogP contribution in [0.3, 0.4) is 0 Å². The molecule has 1 amide bonds. The number of carbonyl (C=O) groups excluding carboxylic acids is 1. The summed E-state index contributed by atoms with van der Waals surface area (Å²) < 4.78 is 1.66. The molecule has 1 aromatic heterocycles. The first-order chi connectivity index (χ1) is 12.2. The van der Waals surface area contributed by atoms with E-state index in [0.717, 1.165) is 25.8 Å². The van der Waals surface area contributed by atoms with E-state index < -0.39 is 0 Å². The summed E-state index contributed by atoms with van der Waals surface area (Å²) in [5, 5.41) is 1.26. The Hall–Kier alpha value is -1.82. The van der Waals surface area contributed by atoms with Crippen LogP contribution in [-0.2, 0) is 11.3 Å². The molecule has 2 heterocycles. The number of nitrogens with zero attached hydrogens (tertiary/aromatic N) is 3. The van der Waals surface area contributed by atoms with Crippen LogP contribution < -0.4 is 5.56 Å². The van der Waals surface area contributed by atoms with Gasteiger partial charge in [-0.2, -0.15) is 0 Å². The minimum atomic E-state index is -0.0348. The third-order valence-corrected chi connectivity index (χ3v) is 5.85. The Morgan fingerprint density at radius 3 is 2.84 bits per heavy atom. The van der Waals surface area contributed by atoms with Gasteiger partial charge in [-0.05, 0) is 44.7 Å². The Balaban J connectivity index is 1.80. The molecule has 134 valence electrons. The van der Waals surface area contributed by atoms with Crippen molar-refractivity contribution in [1.82, 2.24) is 14.5 Å². The van der Waals surface area contributed by atoms with E-state index in [-0.39, 0.29) is 11.5 Å². The van der Waals surface area contributed by atoms with Crippen molar-refractivity contribution in [1.29, 1.82) is 0 Å². The molecule has 25 heavy (non-hydrogen) atoms. The van der Waals surface area contributed by atoms with E-state index in [9.17, 15) is 9.59 Å². The normalized spacial score (nSPS) is 17.8. The van der Waals surface area contributed by atoms with Gasteiger partial charge in [-0.1, -0.05) is 30.8 Å². The maximum atomic E-state index is 12.7. The minimum absolute atomic E-state index is 0.0348. The van der Waals surface area contributed by atoms with E-state index >= 15 is 0 Å². The van der Waals surface area contributed by atoms with Crippen LogP contribution in [0.4, 0.5) is 0 Å². The average Bonchev–Trinajstić information content (AvgIpc) is 2.66. The third kappa shape index (κ3) is 3.73. The van der Waals surface area contributed by atoms with Crippen molar-refractivity contribution < 1.29 is 4.79 Å². The predicted octanol–water partition coefficient (Wildman–Crippen LogP) is 3.30. The summed E-state index contributed by atoms with van der Waals surface area (Å²) >= 11 is 1.38. The molecule has 0 radical (unpaired) electrons. The molecule has 3 rings (SSSR count). The topological polar surface area (TPSA) is 55.2 Å². The smallest absolute Gasteiger partial charge is 0.262 e. The molecule has 1 aliphatic heterocycles. The summed E-state index contributed by atoms with van der Waals surface area (Å²) in [6.07, 6.45) is 4.39. The number of benzene rings is 1. The van der Waals surface area contributed by atoms with Crippen molar-refractivity contribution in [2.24, 2.45) is 0 Å². The van der Waals surface area contributed by atoms with Gasteiger partial charge in [0.1, 0.15) is 0 Å². The lowest BCUT2D eigenvalue weighted by atomic mass is 10.0. The summed E-state index contributed by atoms with van der Waals surface area (Å²) in [6.45, 7) is 5.47. The van der Waals surface area contributed by atoms with Gasteiger partial charge in [0.05, 0.1) is 16.7 Å². The largest absolute Gasteiger partial charge is 0.339 e. The van der Waals surface area contributed by atoms with Crippen molar-refractivity contribution in [2.45, 2.75) is 57.3 Å². The monoisotopic (exact) mass is 359 g/mol. The van der Waals surface area contributed by atoms with E-state index in [2.05, 4.69) is 11.9 Å². The quantitative estimate of drug-likeness (QED) is 0.607. The zero-order valence-corrected chi connectivity index (χ0v) is 15.7. The fourth-order valence-electron chi connectivity index (χ4n) is 3.50. The third-order valence-electron chi connectivity index (χ3n) is 4.89. The molecular formula is C19H25N3O2S. The van der Waals surface area contributed by atoms with Gasteiger partial charge in [0.25, 0.3) is 5.56 Å². The van der Waals surface area contributed by atoms with Gasteiger partial charge in [0.15, 0.2) is 5.16 Å². The van der Waals surface area contributed by atoms with Gasteiger partial charge in [-0.25, -0.2) is 4.98 Å². The second-order valence-electron chi connectivity index (χ2n) is 6.39. The lowest BCUT2D eigenvalue weighted by molar-refractivity contribution is -0.132. The fourth-order valence-corrected chi connectivity index (χ4v) is 4.45. The molecule has 0 aliphatic carbocycles. The van der Waals surface area contributed by atoms with Crippen molar-refractivity contribution in [3.8, 4) is 0 Å². The van der Waals surface area contributed by atoms with E-state index in [0.29, 0.717) is 34.4 Å². The number of amides is 1. The van der Waals surface area contributed by atoms with Gasteiger partial charge >= 0.3 is 0 Å². The number of fused-ring (bicyclic) bond motifs is 1. The minimum Gasteiger partial charge on any atom is -0.339 e. The molecule has 0 N–H and O–H groups in total. The summed E-state index contributed by atoms with van der Waals surface area (Å²) in [6, 6.07) is 7.74. The predicted molar refractivity (Wildman–Crippen MR) is 102 cm³/mol. The SMILES string of the molecule is CC[C@H]1CCCCN1C(=O)CSc1nc2ccccc2c(=O)n1CC.